The fourth-order valence-electron chi connectivity index (χ4n) is 3.13. The summed E-state index contributed by atoms with van der Waals surface area (Å²) in [5, 5.41) is 3.29. The molecule has 1 N–H and O–H groups in total. The number of rotatable bonds is 6. The van der Waals surface area contributed by atoms with Crippen LogP contribution >= 0.6 is 15.9 Å². The number of hydrogen-bond donors (Lipinski definition) is 1. The lowest BCUT2D eigenvalue weighted by atomic mass is 9.75. The molecule has 2 rings (SSSR count). The minimum atomic E-state index is 0.352. The zero-order valence-corrected chi connectivity index (χ0v) is 15.5. The van der Waals surface area contributed by atoms with Crippen molar-refractivity contribution in [2.75, 3.05) is 39.6 Å². The maximum atomic E-state index is 3.75. The van der Waals surface area contributed by atoms with Gasteiger partial charge in [-0.15, -0.1) is 0 Å². The van der Waals surface area contributed by atoms with Crippen molar-refractivity contribution in [1.29, 1.82) is 0 Å². The molecule has 0 amide bonds. The summed E-state index contributed by atoms with van der Waals surface area (Å²) >= 11 is 3.75. The number of halogens is 1. The van der Waals surface area contributed by atoms with Crippen LogP contribution in [0.4, 0.5) is 5.69 Å². The van der Waals surface area contributed by atoms with Gasteiger partial charge in [0.2, 0.25) is 0 Å². The molecule has 0 radical (unpaired) electrons. The Balaban J connectivity index is 2.14. The predicted octanol–water partition coefficient (Wildman–Crippen LogP) is 3.65. The molecular formula is C17H28BrN3. The number of nitrogens with zero attached hydrogens (tertiary/aromatic N) is 2. The molecule has 1 aromatic carbocycles. The van der Waals surface area contributed by atoms with Gasteiger partial charge >= 0.3 is 0 Å². The molecule has 21 heavy (non-hydrogen) atoms. The first kappa shape index (κ1) is 16.8. The van der Waals surface area contributed by atoms with Crippen molar-refractivity contribution in [3.8, 4) is 0 Å². The molecule has 3 nitrogen and oxygen atoms in total. The van der Waals surface area contributed by atoms with E-state index in [9.17, 15) is 0 Å². The van der Waals surface area contributed by atoms with Gasteiger partial charge in [-0.1, -0.05) is 6.07 Å². The van der Waals surface area contributed by atoms with E-state index in [-0.39, 0.29) is 0 Å². The first-order valence-corrected chi connectivity index (χ1v) is 8.54. The van der Waals surface area contributed by atoms with Crippen molar-refractivity contribution in [3.63, 3.8) is 0 Å². The smallest absolute Gasteiger partial charge is 0.0508 e. The van der Waals surface area contributed by atoms with Crippen LogP contribution < -0.4 is 10.2 Å². The second-order valence-corrected chi connectivity index (χ2v) is 7.40. The summed E-state index contributed by atoms with van der Waals surface area (Å²) in [6, 6.07) is 7.06. The van der Waals surface area contributed by atoms with Crippen LogP contribution in [-0.4, -0.2) is 45.2 Å². The predicted molar refractivity (Wildman–Crippen MR) is 95.2 cm³/mol. The second-order valence-electron chi connectivity index (χ2n) is 6.55. The molecule has 0 bridgehead atoms. The number of nitrogens with one attached hydrogen (secondary N) is 1. The molecular weight excluding hydrogens is 326 g/mol. The van der Waals surface area contributed by atoms with E-state index in [2.05, 4.69) is 77.3 Å². The Morgan fingerprint density at radius 3 is 2.38 bits per heavy atom. The van der Waals surface area contributed by atoms with E-state index in [1.807, 2.05) is 7.05 Å². The Morgan fingerprint density at radius 2 is 1.95 bits per heavy atom. The van der Waals surface area contributed by atoms with Crippen LogP contribution in [0, 0.1) is 0 Å². The Kier molecular flexibility index (Phi) is 5.33. The summed E-state index contributed by atoms with van der Waals surface area (Å²) in [7, 11) is 8.61. The highest BCUT2D eigenvalue weighted by molar-refractivity contribution is 9.10. The van der Waals surface area contributed by atoms with Gasteiger partial charge in [0, 0.05) is 29.6 Å². The average Bonchev–Trinajstić information content (AvgIpc) is 2.41. The Morgan fingerprint density at radius 1 is 1.29 bits per heavy atom. The van der Waals surface area contributed by atoms with Crippen LogP contribution in [0.2, 0.25) is 0 Å². The SMILES string of the molecule is CNC(C)c1ccc(N(C)CC2(N(C)C)CCC2)c(Br)c1. The van der Waals surface area contributed by atoms with E-state index in [0.717, 1.165) is 6.54 Å². The summed E-state index contributed by atoms with van der Waals surface area (Å²) < 4.78 is 1.18. The van der Waals surface area contributed by atoms with E-state index in [4.69, 9.17) is 0 Å². The lowest BCUT2D eigenvalue weighted by molar-refractivity contribution is 0.0683. The minimum absolute atomic E-state index is 0.352. The highest BCUT2D eigenvalue weighted by atomic mass is 79.9. The van der Waals surface area contributed by atoms with Crippen LogP contribution in [0.3, 0.4) is 0 Å². The molecule has 118 valence electrons. The molecule has 0 heterocycles. The third-order valence-corrected chi connectivity index (χ3v) is 5.72. The van der Waals surface area contributed by atoms with Crippen LogP contribution in [-0.2, 0) is 0 Å². The van der Waals surface area contributed by atoms with Crippen molar-refractivity contribution < 1.29 is 0 Å². The molecule has 0 aromatic heterocycles. The van der Waals surface area contributed by atoms with Gasteiger partial charge in [0.25, 0.3) is 0 Å². The van der Waals surface area contributed by atoms with Crippen LogP contribution in [0.25, 0.3) is 0 Å². The number of likely N-dealkylation sites (N-methyl/N-ethyl adjacent to an activating group) is 2. The first-order chi connectivity index (χ1) is 9.89. The van der Waals surface area contributed by atoms with E-state index in [0.29, 0.717) is 11.6 Å². The molecule has 1 atom stereocenters. The van der Waals surface area contributed by atoms with Crippen molar-refractivity contribution in [1.82, 2.24) is 10.2 Å². The molecule has 0 spiro atoms. The van der Waals surface area contributed by atoms with Gasteiger partial charge in [-0.25, -0.2) is 0 Å². The van der Waals surface area contributed by atoms with Crippen LogP contribution in [0.15, 0.2) is 22.7 Å². The lowest BCUT2D eigenvalue weighted by Crippen LogP contribution is -2.56. The summed E-state index contributed by atoms with van der Waals surface area (Å²) in [4.78, 5) is 4.79. The number of hydrogen-bond acceptors (Lipinski definition) is 3. The molecule has 0 aliphatic heterocycles. The van der Waals surface area contributed by atoms with Gasteiger partial charge in [0.1, 0.15) is 0 Å². The maximum Gasteiger partial charge on any atom is 0.0508 e. The fourth-order valence-corrected chi connectivity index (χ4v) is 3.83. The summed E-state index contributed by atoms with van der Waals surface area (Å²) in [5.41, 5.74) is 2.94. The number of anilines is 1. The molecule has 1 unspecified atom stereocenters. The second kappa shape index (κ2) is 6.67. The quantitative estimate of drug-likeness (QED) is 0.841. The third-order valence-electron chi connectivity index (χ3n) is 5.08. The molecule has 4 heteroatoms. The van der Waals surface area contributed by atoms with Gasteiger partial charge in [0.05, 0.1) is 5.69 Å². The molecule has 1 aliphatic rings. The highest BCUT2D eigenvalue weighted by Gasteiger charge is 2.40. The normalized spacial score (nSPS) is 18.4. The Labute approximate surface area is 137 Å². The van der Waals surface area contributed by atoms with Crippen molar-refractivity contribution >= 4 is 21.6 Å². The first-order valence-electron chi connectivity index (χ1n) is 7.75. The minimum Gasteiger partial charge on any atom is -0.372 e. The van der Waals surface area contributed by atoms with Crippen molar-refractivity contribution in [2.45, 2.75) is 37.8 Å². The Bertz CT molecular complexity index is 483. The van der Waals surface area contributed by atoms with Crippen LogP contribution in [0.1, 0.15) is 37.8 Å². The van der Waals surface area contributed by atoms with Gasteiger partial charge in [0.15, 0.2) is 0 Å². The molecule has 1 aromatic rings. The van der Waals surface area contributed by atoms with Crippen molar-refractivity contribution in [2.24, 2.45) is 0 Å². The summed E-state index contributed by atoms with van der Waals surface area (Å²) in [6.45, 7) is 3.26. The van der Waals surface area contributed by atoms with Gasteiger partial charge < -0.3 is 15.1 Å². The van der Waals surface area contributed by atoms with Crippen molar-refractivity contribution in [3.05, 3.63) is 28.2 Å². The zero-order chi connectivity index (χ0) is 15.6. The summed E-state index contributed by atoms with van der Waals surface area (Å²) in [5.74, 6) is 0. The molecule has 0 saturated heterocycles. The molecule has 1 fully saturated rings. The van der Waals surface area contributed by atoms with Gasteiger partial charge in [-0.3, -0.25) is 0 Å². The highest BCUT2D eigenvalue weighted by Crippen LogP contribution is 2.38. The maximum absolute atomic E-state index is 3.75. The summed E-state index contributed by atoms with van der Waals surface area (Å²) in [6.07, 6.45) is 3.96. The average molecular weight is 354 g/mol. The third kappa shape index (κ3) is 3.43. The van der Waals surface area contributed by atoms with E-state index >= 15 is 0 Å². The fraction of sp³-hybridized carbons (Fsp3) is 0.647. The van der Waals surface area contributed by atoms with Gasteiger partial charge in [-0.2, -0.15) is 0 Å². The zero-order valence-electron chi connectivity index (χ0n) is 13.9. The Hall–Kier alpha value is -0.580. The lowest BCUT2D eigenvalue weighted by Gasteiger charge is -2.49. The molecule has 1 aliphatic carbocycles. The topological polar surface area (TPSA) is 18.5 Å². The number of benzene rings is 1. The van der Waals surface area contributed by atoms with Gasteiger partial charge in [-0.05, 0) is 81.0 Å². The van der Waals surface area contributed by atoms with E-state index in [1.165, 1.54) is 35.0 Å². The monoisotopic (exact) mass is 353 g/mol. The van der Waals surface area contributed by atoms with E-state index in [1.54, 1.807) is 0 Å². The molecule has 1 saturated carbocycles. The largest absolute Gasteiger partial charge is 0.372 e. The van der Waals surface area contributed by atoms with Crippen LogP contribution in [0.5, 0.6) is 0 Å². The standard InChI is InChI=1S/C17H28BrN3/c1-13(19-2)14-7-8-16(15(18)11-14)21(5)12-17(20(3)4)9-6-10-17/h7-8,11,13,19H,6,9-10,12H2,1-5H3. The van der Waals surface area contributed by atoms with E-state index < -0.39 is 0 Å².